The predicted molar refractivity (Wildman–Crippen MR) is 94.1 cm³/mol. The van der Waals surface area contributed by atoms with Crippen LogP contribution in [0.25, 0.3) is 0 Å². The number of carbonyl (C=O) groups is 2. The number of methoxy groups -OCH3 is 1. The summed E-state index contributed by atoms with van der Waals surface area (Å²) in [5.41, 5.74) is -1.28. The first-order chi connectivity index (χ1) is 12.3. The molecule has 1 N–H and O–H groups in total. The third kappa shape index (κ3) is 4.12. The molecule has 0 bridgehead atoms. The lowest BCUT2D eigenvalue weighted by atomic mass is 9.77. The van der Waals surface area contributed by atoms with E-state index >= 15 is 0 Å². The summed E-state index contributed by atoms with van der Waals surface area (Å²) in [7, 11) is 1.29. The predicted octanol–water partition coefficient (Wildman–Crippen LogP) is 2.85. The molecular weight excluding hydrogens is 340 g/mol. The van der Waals surface area contributed by atoms with Gasteiger partial charge in [0.05, 0.1) is 18.6 Å². The van der Waals surface area contributed by atoms with E-state index in [4.69, 9.17) is 9.47 Å². The van der Waals surface area contributed by atoms with Crippen molar-refractivity contribution in [2.75, 3.05) is 13.7 Å². The number of carbonyl (C=O) groups excluding carboxylic acids is 2. The van der Waals surface area contributed by atoms with Crippen LogP contribution >= 0.6 is 0 Å². The van der Waals surface area contributed by atoms with E-state index in [1.165, 1.54) is 19.2 Å². The molecule has 0 aromatic heterocycles. The van der Waals surface area contributed by atoms with Crippen molar-refractivity contribution in [1.82, 2.24) is 5.32 Å². The highest BCUT2D eigenvalue weighted by molar-refractivity contribution is 5.99. The highest BCUT2D eigenvalue weighted by Crippen LogP contribution is 2.34. The summed E-state index contributed by atoms with van der Waals surface area (Å²) < 4.78 is 10.1. The largest absolute Gasteiger partial charge is 0.487 e. The molecule has 0 unspecified atom stereocenters. The number of nitrogens with one attached hydrogen (secondary N) is 1. The van der Waals surface area contributed by atoms with Crippen LogP contribution in [-0.4, -0.2) is 36.1 Å². The molecule has 142 valence electrons. The number of benzene rings is 1. The Morgan fingerprint density at radius 3 is 2.54 bits per heavy atom. The van der Waals surface area contributed by atoms with Crippen molar-refractivity contribution >= 4 is 17.6 Å². The quantitative estimate of drug-likeness (QED) is 0.472. The van der Waals surface area contributed by atoms with Gasteiger partial charge in [0, 0.05) is 11.6 Å². The Kier molecular flexibility index (Phi) is 6.18. The molecule has 1 aromatic rings. The maximum atomic E-state index is 12.7. The molecule has 1 saturated carbocycles. The molecule has 1 aromatic carbocycles. The minimum absolute atomic E-state index is 0.0991. The lowest BCUT2D eigenvalue weighted by Gasteiger charge is -2.37. The zero-order valence-electron chi connectivity index (χ0n) is 15.2. The van der Waals surface area contributed by atoms with Gasteiger partial charge in [-0.1, -0.05) is 6.92 Å². The van der Waals surface area contributed by atoms with Crippen molar-refractivity contribution < 1.29 is 24.0 Å². The number of nitro benzene ring substituents is 1. The summed E-state index contributed by atoms with van der Waals surface area (Å²) in [6.07, 6.45) is 2.54. The van der Waals surface area contributed by atoms with E-state index in [1.54, 1.807) is 6.92 Å². The van der Waals surface area contributed by atoms with E-state index in [2.05, 4.69) is 12.2 Å². The van der Waals surface area contributed by atoms with Gasteiger partial charge in [0.2, 0.25) is 0 Å². The first kappa shape index (κ1) is 19.7. The minimum atomic E-state index is -1.09. The van der Waals surface area contributed by atoms with E-state index in [9.17, 15) is 19.7 Å². The SMILES string of the molecule is CCOc1ccc(C(=O)NC2(C(=O)OC)CCC(C)CC2)cc1[N+](=O)[O-]. The Morgan fingerprint density at radius 1 is 1.35 bits per heavy atom. The van der Waals surface area contributed by atoms with E-state index in [-0.39, 0.29) is 23.6 Å². The van der Waals surface area contributed by atoms with Crippen LogP contribution < -0.4 is 10.1 Å². The van der Waals surface area contributed by atoms with Crippen LogP contribution in [0.1, 0.15) is 49.9 Å². The molecule has 8 heteroatoms. The summed E-state index contributed by atoms with van der Waals surface area (Å²) in [5, 5.41) is 14.0. The van der Waals surface area contributed by atoms with Crippen molar-refractivity contribution in [3.05, 3.63) is 33.9 Å². The highest BCUT2D eigenvalue weighted by atomic mass is 16.6. The molecule has 2 rings (SSSR count). The Labute approximate surface area is 152 Å². The molecule has 8 nitrogen and oxygen atoms in total. The molecule has 1 fully saturated rings. The normalized spacial score (nSPS) is 22.3. The van der Waals surface area contributed by atoms with Gasteiger partial charge in [-0.15, -0.1) is 0 Å². The van der Waals surface area contributed by atoms with Crippen molar-refractivity contribution in [2.24, 2.45) is 5.92 Å². The lowest BCUT2D eigenvalue weighted by Crippen LogP contribution is -2.56. The summed E-state index contributed by atoms with van der Waals surface area (Å²) in [4.78, 5) is 35.6. The second-order valence-electron chi connectivity index (χ2n) is 6.58. The summed E-state index contributed by atoms with van der Waals surface area (Å²) in [5.74, 6) is -0.464. The van der Waals surface area contributed by atoms with Gasteiger partial charge in [-0.3, -0.25) is 14.9 Å². The van der Waals surface area contributed by atoms with Crippen LogP contribution in [0.5, 0.6) is 5.75 Å². The molecule has 0 heterocycles. The molecule has 0 radical (unpaired) electrons. The zero-order valence-corrected chi connectivity index (χ0v) is 15.2. The Morgan fingerprint density at radius 2 is 2.00 bits per heavy atom. The zero-order chi connectivity index (χ0) is 19.3. The average Bonchev–Trinajstić information content (AvgIpc) is 2.63. The molecule has 1 aliphatic rings. The monoisotopic (exact) mass is 364 g/mol. The van der Waals surface area contributed by atoms with Gasteiger partial charge in [0.1, 0.15) is 5.54 Å². The molecule has 0 saturated heterocycles. The average molecular weight is 364 g/mol. The maximum absolute atomic E-state index is 12.7. The fraction of sp³-hybridized carbons (Fsp3) is 0.556. The minimum Gasteiger partial charge on any atom is -0.487 e. The second-order valence-corrected chi connectivity index (χ2v) is 6.58. The third-order valence-electron chi connectivity index (χ3n) is 4.77. The Bertz CT molecular complexity index is 695. The van der Waals surface area contributed by atoms with Crippen molar-refractivity contribution in [1.29, 1.82) is 0 Å². The molecule has 1 aliphatic carbocycles. The van der Waals surface area contributed by atoms with Gasteiger partial charge < -0.3 is 14.8 Å². The van der Waals surface area contributed by atoms with Crippen LogP contribution in [0.15, 0.2) is 18.2 Å². The van der Waals surface area contributed by atoms with Crippen LogP contribution in [0.4, 0.5) is 5.69 Å². The first-order valence-corrected chi connectivity index (χ1v) is 8.65. The molecule has 26 heavy (non-hydrogen) atoms. The van der Waals surface area contributed by atoms with E-state index < -0.39 is 22.3 Å². The number of hydrogen-bond acceptors (Lipinski definition) is 6. The highest BCUT2D eigenvalue weighted by Gasteiger charge is 2.43. The topological polar surface area (TPSA) is 108 Å². The van der Waals surface area contributed by atoms with Crippen LogP contribution in [0, 0.1) is 16.0 Å². The van der Waals surface area contributed by atoms with Crippen LogP contribution in [0.2, 0.25) is 0 Å². The third-order valence-corrected chi connectivity index (χ3v) is 4.77. The maximum Gasteiger partial charge on any atom is 0.331 e. The molecule has 0 atom stereocenters. The van der Waals surface area contributed by atoms with Crippen molar-refractivity contribution in [3.63, 3.8) is 0 Å². The number of nitrogens with zero attached hydrogens (tertiary/aromatic N) is 1. The first-order valence-electron chi connectivity index (χ1n) is 8.65. The summed E-state index contributed by atoms with van der Waals surface area (Å²) in [6, 6.07) is 4.00. The summed E-state index contributed by atoms with van der Waals surface area (Å²) in [6.45, 7) is 4.09. The van der Waals surface area contributed by atoms with Gasteiger partial charge in [-0.2, -0.15) is 0 Å². The van der Waals surface area contributed by atoms with Gasteiger partial charge in [-0.25, -0.2) is 4.79 Å². The second kappa shape index (κ2) is 8.16. The van der Waals surface area contributed by atoms with Gasteiger partial charge in [0.25, 0.3) is 5.91 Å². The number of ether oxygens (including phenoxy) is 2. The number of rotatable bonds is 6. The molecule has 0 aliphatic heterocycles. The molecule has 1 amide bonds. The number of esters is 1. The Balaban J connectivity index is 2.28. The van der Waals surface area contributed by atoms with Crippen molar-refractivity contribution in [2.45, 2.75) is 45.1 Å². The summed E-state index contributed by atoms with van der Waals surface area (Å²) >= 11 is 0. The van der Waals surface area contributed by atoms with E-state index in [1.807, 2.05) is 0 Å². The smallest absolute Gasteiger partial charge is 0.331 e. The van der Waals surface area contributed by atoms with E-state index in [0.717, 1.165) is 18.9 Å². The van der Waals surface area contributed by atoms with Gasteiger partial charge >= 0.3 is 11.7 Å². The number of amides is 1. The fourth-order valence-corrected chi connectivity index (χ4v) is 3.20. The fourth-order valence-electron chi connectivity index (χ4n) is 3.20. The van der Waals surface area contributed by atoms with E-state index in [0.29, 0.717) is 18.8 Å². The lowest BCUT2D eigenvalue weighted by molar-refractivity contribution is -0.385. The van der Waals surface area contributed by atoms with Crippen molar-refractivity contribution in [3.8, 4) is 5.75 Å². The van der Waals surface area contributed by atoms with Crippen LogP contribution in [0.3, 0.4) is 0 Å². The molecular formula is C18H24N2O6. The van der Waals surface area contributed by atoms with Crippen LogP contribution in [-0.2, 0) is 9.53 Å². The Hall–Kier alpha value is -2.64. The van der Waals surface area contributed by atoms with Gasteiger partial charge in [0.15, 0.2) is 5.75 Å². The van der Waals surface area contributed by atoms with Gasteiger partial charge in [-0.05, 0) is 50.7 Å². The standard InChI is InChI=1S/C18H24N2O6/c1-4-26-15-6-5-13(11-14(15)20(23)24)16(21)19-18(17(22)25-3)9-7-12(2)8-10-18/h5-6,11-12H,4,7-10H2,1-3H3,(H,19,21). The molecule has 0 spiro atoms. The number of hydrogen-bond donors (Lipinski definition) is 1. The number of nitro groups is 1.